The number of quaternary nitrogens is 1. The van der Waals surface area contributed by atoms with E-state index in [-0.39, 0.29) is 11.9 Å². The molecule has 0 radical (unpaired) electrons. The second kappa shape index (κ2) is 6.87. The summed E-state index contributed by atoms with van der Waals surface area (Å²) >= 11 is 0. The lowest BCUT2D eigenvalue weighted by Gasteiger charge is -2.12. The van der Waals surface area contributed by atoms with Gasteiger partial charge in [-0.05, 0) is 25.5 Å². The molecule has 0 saturated carbocycles. The van der Waals surface area contributed by atoms with Crippen LogP contribution in [0, 0.1) is 6.92 Å². The molecule has 0 saturated heterocycles. The van der Waals surface area contributed by atoms with Gasteiger partial charge in [-0.25, -0.2) is 0 Å². The minimum absolute atomic E-state index is 0.0297. The lowest BCUT2D eigenvalue weighted by Crippen LogP contribution is -2.86. The van der Waals surface area contributed by atoms with Crippen molar-refractivity contribution in [3.63, 3.8) is 0 Å². The summed E-state index contributed by atoms with van der Waals surface area (Å²) in [5, 5.41) is 4.99. The summed E-state index contributed by atoms with van der Waals surface area (Å²) in [6, 6.07) is 18.3. The molecule has 0 bridgehead atoms. The molecular weight excluding hydrogens is 248 g/mol. The van der Waals surface area contributed by atoms with Crippen LogP contribution in [0.25, 0.3) is 0 Å². The lowest BCUT2D eigenvalue weighted by molar-refractivity contribution is -0.682. The Hall–Kier alpha value is -2.13. The van der Waals surface area contributed by atoms with E-state index in [1.807, 2.05) is 54.7 Å². The van der Waals surface area contributed by atoms with Gasteiger partial charge in [0.15, 0.2) is 6.54 Å². The first-order valence-electron chi connectivity index (χ1n) is 6.90. The molecule has 0 spiro atoms. The van der Waals surface area contributed by atoms with Crippen LogP contribution in [-0.4, -0.2) is 12.5 Å². The molecule has 1 amide bonds. The number of aryl methyl sites for hydroxylation is 1. The van der Waals surface area contributed by atoms with Crippen LogP contribution in [0.5, 0.6) is 0 Å². The number of para-hydroxylation sites is 1. The highest BCUT2D eigenvalue weighted by atomic mass is 16.1. The number of nitrogens with two attached hydrogens (primary N) is 1. The zero-order valence-corrected chi connectivity index (χ0v) is 12.0. The minimum atomic E-state index is 0.0297. The van der Waals surface area contributed by atoms with Crippen LogP contribution in [0.1, 0.15) is 24.1 Å². The third kappa shape index (κ3) is 3.93. The van der Waals surface area contributed by atoms with Crippen molar-refractivity contribution in [3.05, 3.63) is 65.7 Å². The van der Waals surface area contributed by atoms with E-state index in [4.69, 9.17) is 0 Å². The molecule has 3 nitrogen and oxygen atoms in total. The number of anilines is 1. The van der Waals surface area contributed by atoms with Crippen LogP contribution in [0.4, 0.5) is 5.69 Å². The number of carbonyl (C=O) groups excluding carboxylic acids is 1. The van der Waals surface area contributed by atoms with Gasteiger partial charge in [-0.2, -0.15) is 0 Å². The van der Waals surface area contributed by atoms with Crippen molar-refractivity contribution in [2.24, 2.45) is 0 Å². The molecule has 0 unspecified atom stereocenters. The van der Waals surface area contributed by atoms with E-state index in [0.29, 0.717) is 6.54 Å². The summed E-state index contributed by atoms with van der Waals surface area (Å²) in [6.45, 7) is 4.52. The molecule has 0 fully saturated rings. The first-order valence-corrected chi connectivity index (χ1v) is 6.90. The standard InChI is InChI=1S/C17H20N2O/c1-13-8-6-7-11-16(13)19-17(20)12-18-14(2)15-9-4-3-5-10-15/h3-11,14,18H,12H2,1-2H3,(H,19,20)/p+1/t14-/m1/s1. The van der Waals surface area contributed by atoms with E-state index in [9.17, 15) is 4.79 Å². The Balaban J connectivity index is 1.85. The molecule has 3 heteroatoms. The minimum Gasteiger partial charge on any atom is -0.333 e. The summed E-state index contributed by atoms with van der Waals surface area (Å²) in [7, 11) is 0. The molecule has 0 heterocycles. The van der Waals surface area contributed by atoms with E-state index < -0.39 is 0 Å². The Bertz CT molecular complexity index is 566. The highest BCUT2D eigenvalue weighted by Gasteiger charge is 2.11. The fourth-order valence-corrected chi connectivity index (χ4v) is 2.09. The normalized spacial score (nSPS) is 11.9. The monoisotopic (exact) mass is 269 g/mol. The van der Waals surface area contributed by atoms with Crippen molar-refractivity contribution in [2.45, 2.75) is 19.9 Å². The van der Waals surface area contributed by atoms with Crippen LogP contribution >= 0.6 is 0 Å². The number of nitrogens with one attached hydrogen (secondary N) is 1. The van der Waals surface area contributed by atoms with Crippen molar-refractivity contribution in [3.8, 4) is 0 Å². The lowest BCUT2D eigenvalue weighted by atomic mass is 10.1. The molecule has 20 heavy (non-hydrogen) atoms. The third-order valence-electron chi connectivity index (χ3n) is 3.40. The van der Waals surface area contributed by atoms with Gasteiger partial charge >= 0.3 is 0 Å². The average molecular weight is 269 g/mol. The second-order valence-corrected chi connectivity index (χ2v) is 5.00. The fraction of sp³-hybridized carbons (Fsp3) is 0.235. The van der Waals surface area contributed by atoms with E-state index >= 15 is 0 Å². The number of carbonyl (C=O) groups is 1. The van der Waals surface area contributed by atoms with Crippen LogP contribution in [-0.2, 0) is 4.79 Å². The smallest absolute Gasteiger partial charge is 0.279 e. The van der Waals surface area contributed by atoms with Crippen molar-refractivity contribution in [1.82, 2.24) is 0 Å². The van der Waals surface area contributed by atoms with Crippen molar-refractivity contribution >= 4 is 11.6 Å². The molecule has 104 valence electrons. The molecule has 0 aliphatic heterocycles. The average Bonchev–Trinajstić information content (AvgIpc) is 2.48. The zero-order chi connectivity index (χ0) is 14.4. The SMILES string of the molecule is Cc1ccccc1NC(=O)C[NH2+][C@H](C)c1ccccc1. The second-order valence-electron chi connectivity index (χ2n) is 5.00. The fourth-order valence-electron chi connectivity index (χ4n) is 2.09. The van der Waals surface area contributed by atoms with Gasteiger partial charge in [0.1, 0.15) is 6.04 Å². The van der Waals surface area contributed by atoms with E-state index in [1.165, 1.54) is 5.56 Å². The third-order valence-corrected chi connectivity index (χ3v) is 3.40. The summed E-state index contributed by atoms with van der Waals surface area (Å²) in [5.74, 6) is 0.0297. The van der Waals surface area contributed by atoms with Gasteiger partial charge in [0.2, 0.25) is 0 Å². The zero-order valence-electron chi connectivity index (χ0n) is 12.0. The Labute approximate surface area is 120 Å². The van der Waals surface area contributed by atoms with E-state index in [1.54, 1.807) is 0 Å². The number of amides is 1. The maximum Gasteiger partial charge on any atom is 0.279 e. The molecule has 1 atom stereocenters. The Morgan fingerprint density at radius 3 is 2.45 bits per heavy atom. The molecule has 2 aromatic carbocycles. The van der Waals surface area contributed by atoms with Crippen molar-refractivity contribution < 1.29 is 10.1 Å². The number of hydrogen-bond donors (Lipinski definition) is 2. The largest absolute Gasteiger partial charge is 0.333 e. The van der Waals surface area contributed by atoms with Crippen LogP contribution in [0.15, 0.2) is 54.6 Å². The summed E-state index contributed by atoms with van der Waals surface area (Å²) in [4.78, 5) is 12.0. The summed E-state index contributed by atoms with van der Waals surface area (Å²) in [5.41, 5.74) is 3.20. The maximum absolute atomic E-state index is 12.0. The molecule has 2 rings (SSSR count). The molecule has 0 aromatic heterocycles. The van der Waals surface area contributed by atoms with Gasteiger partial charge in [0, 0.05) is 11.3 Å². The van der Waals surface area contributed by atoms with Gasteiger partial charge < -0.3 is 10.6 Å². The maximum atomic E-state index is 12.0. The van der Waals surface area contributed by atoms with E-state index in [2.05, 4.69) is 24.4 Å². The highest BCUT2D eigenvalue weighted by Crippen LogP contribution is 2.12. The first kappa shape index (κ1) is 14.3. The van der Waals surface area contributed by atoms with Gasteiger partial charge in [-0.3, -0.25) is 4.79 Å². The Kier molecular flexibility index (Phi) is 4.91. The number of rotatable bonds is 5. The quantitative estimate of drug-likeness (QED) is 0.859. The molecule has 2 aromatic rings. The van der Waals surface area contributed by atoms with Crippen LogP contribution < -0.4 is 10.6 Å². The van der Waals surface area contributed by atoms with Crippen molar-refractivity contribution in [2.75, 3.05) is 11.9 Å². The van der Waals surface area contributed by atoms with E-state index in [0.717, 1.165) is 11.3 Å². The van der Waals surface area contributed by atoms with Crippen LogP contribution in [0.2, 0.25) is 0 Å². The topological polar surface area (TPSA) is 45.7 Å². The van der Waals surface area contributed by atoms with Crippen LogP contribution in [0.3, 0.4) is 0 Å². The highest BCUT2D eigenvalue weighted by molar-refractivity contribution is 5.92. The Morgan fingerprint density at radius 2 is 1.75 bits per heavy atom. The molecule has 3 N–H and O–H groups in total. The molecule has 0 aliphatic carbocycles. The summed E-state index contributed by atoms with van der Waals surface area (Å²) < 4.78 is 0. The van der Waals surface area contributed by atoms with Gasteiger partial charge in [0.25, 0.3) is 5.91 Å². The predicted octanol–water partition coefficient (Wildman–Crippen LogP) is 2.26. The van der Waals surface area contributed by atoms with Gasteiger partial charge in [-0.15, -0.1) is 0 Å². The van der Waals surface area contributed by atoms with Gasteiger partial charge in [-0.1, -0.05) is 48.5 Å². The van der Waals surface area contributed by atoms with Gasteiger partial charge in [0.05, 0.1) is 0 Å². The number of benzene rings is 2. The van der Waals surface area contributed by atoms with Crippen molar-refractivity contribution in [1.29, 1.82) is 0 Å². The first-order chi connectivity index (χ1) is 9.66. The molecular formula is C17H21N2O+. The molecule has 0 aliphatic rings. The summed E-state index contributed by atoms with van der Waals surface area (Å²) in [6.07, 6.45) is 0. The number of hydrogen-bond acceptors (Lipinski definition) is 1. The Morgan fingerprint density at radius 1 is 1.10 bits per heavy atom. The predicted molar refractivity (Wildman–Crippen MR) is 81.5 cm³/mol.